The van der Waals surface area contributed by atoms with Crippen LogP contribution in [0.25, 0.3) is 0 Å². The quantitative estimate of drug-likeness (QED) is 0.745. The molecule has 70 valence electrons. The van der Waals surface area contributed by atoms with Crippen LogP contribution in [0.2, 0.25) is 5.02 Å². The summed E-state index contributed by atoms with van der Waals surface area (Å²) >= 11 is 5.80. The van der Waals surface area contributed by atoms with Gasteiger partial charge in [0.1, 0.15) is 12.7 Å². The molecule has 0 unspecified atom stereocenters. The van der Waals surface area contributed by atoms with E-state index in [1.165, 1.54) is 0 Å². The lowest BCUT2D eigenvalue weighted by Gasteiger charge is -2.25. The van der Waals surface area contributed by atoms with Crippen LogP contribution in [0.15, 0.2) is 18.2 Å². The van der Waals surface area contributed by atoms with E-state index < -0.39 is 0 Å². The number of fused-ring (bicyclic) bond motifs is 1. The highest BCUT2D eigenvalue weighted by atomic mass is 35.5. The predicted molar refractivity (Wildman–Crippen MR) is 50.4 cm³/mol. The van der Waals surface area contributed by atoms with Crippen LogP contribution in [0, 0.1) is 0 Å². The standard InChI is InChI=1S/C9H10ClNO2/c10-6-1-2-8-9(3-6)13-7(4-11)5-12-8/h1-3,7H,4-5,11H2/t7-/m0/s1. The Bertz CT molecular complexity index is 316. The van der Waals surface area contributed by atoms with Gasteiger partial charge < -0.3 is 15.2 Å². The first-order valence-corrected chi connectivity index (χ1v) is 4.46. The van der Waals surface area contributed by atoms with Crippen molar-refractivity contribution in [3.05, 3.63) is 23.2 Å². The van der Waals surface area contributed by atoms with Crippen molar-refractivity contribution in [3.8, 4) is 11.5 Å². The Labute approximate surface area is 81.4 Å². The lowest BCUT2D eigenvalue weighted by atomic mass is 10.2. The van der Waals surface area contributed by atoms with Crippen LogP contribution < -0.4 is 15.2 Å². The van der Waals surface area contributed by atoms with Crippen LogP contribution in [0.1, 0.15) is 0 Å². The lowest BCUT2D eigenvalue weighted by molar-refractivity contribution is 0.0969. The van der Waals surface area contributed by atoms with Gasteiger partial charge in [-0.25, -0.2) is 0 Å². The molecule has 0 aliphatic carbocycles. The third kappa shape index (κ3) is 1.71. The Hall–Kier alpha value is -0.930. The molecule has 0 aromatic heterocycles. The van der Waals surface area contributed by atoms with E-state index >= 15 is 0 Å². The Morgan fingerprint density at radius 3 is 3.08 bits per heavy atom. The fourth-order valence-electron chi connectivity index (χ4n) is 1.21. The van der Waals surface area contributed by atoms with Gasteiger partial charge in [0.05, 0.1) is 0 Å². The summed E-state index contributed by atoms with van der Waals surface area (Å²) in [5.41, 5.74) is 5.46. The molecule has 0 bridgehead atoms. The summed E-state index contributed by atoms with van der Waals surface area (Å²) in [5.74, 6) is 1.41. The molecule has 0 amide bonds. The Kier molecular flexibility index (Phi) is 2.29. The Morgan fingerprint density at radius 1 is 1.46 bits per heavy atom. The second-order valence-electron chi connectivity index (χ2n) is 2.88. The summed E-state index contributed by atoms with van der Waals surface area (Å²) in [5, 5.41) is 0.639. The van der Waals surface area contributed by atoms with Gasteiger partial charge in [-0.2, -0.15) is 0 Å². The van der Waals surface area contributed by atoms with Crippen LogP contribution >= 0.6 is 11.6 Å². The van der Waals surface area contributed by atoms with Gasteiger partial charge in [0.2, 0.25) is 0 Å². The van der Waals surface area contributed by atoms with Crippen LogP contribution in [0.5, 0.6) is 11.5 Å². The van der Waals surface area contributed by atoms with E-state index in [1.54, 1.807) is 18.2 Å². The largest absolute Gasteiger partial charge is 0.486 e. The molecule has 1 aliphatic rings. The highest BCUT2D eigenvalue weighted by Crippen LogP contribution is 2.33. The highest BCUT2D eigenvalue weighted by Gasteiger charge is 2.19. The average Bonchev–Trinajstić information content (AvgIpc) is 2.16. The second kappa shape index (κ2) is 3.44. The number of hydrogen-bond donors (Lipinski definition) is 1. The summed E-state index contributed by atoms with van der Waals surface area (Å²) in [6, 6.07) is 5.30. The molecule has 3 nitrogen and oxygen atoms in total. The molecule has 2 rings (SSSR count). The van der Waals surface area contributed by atoms with Gasteiger partial charge in [-0.3, -0.25) is 0 Å². The first-order chi connectivity index (χ1) is 6.29. The Balaban J connectivity index is 2.27. The maximum atomic E-state index is 5.80. The number of halogens is 1. The number of nitrogens with two attached hydrogens (primary N) is 1. The smallest absolute Gasteiger partial charge is 0.163 e. The van der Waals surface area contributed by atoms with Gasteiger partial charge in [-0.1, -0.05) is 11.6 Å². The first-order valence-electron chi connectivity index (χ1n) is 4.08. The van der Waals surface area contributed by atoms with E-state index in [-0.39, 0.29) is 6.10 Å². The molecule has 13 heavy (non-hydrogen) atoms. The Morgan fingerprint density at radius 2 is 2.31 bits per heavy atom. The van der Waals surface area contributed by atoms with Crippen molar-refractivity contribution in [2.24, 2.45) is 5.73 Å². The van der Waals surface area contributed by atoms with E-state index in [9.17, 15) is 0 Å². The monoisotopic (exact) mass is 199 g/mol. The van der Waals surface area contributed by atoms with Crippen molar-refractivity contribution in [1.82, 2.24) is 0 Å². The fourth-order valence-corrected chi connectivity index (χ4v) is 1.37. The van der Waals surface area contributed by atoms with Crippen molar-refractivity contribution in [1.29, 1.82) is 0 Å². The summed E-state index contributed by atoms with van der Waals surface area (Å²) < 4.78 is 10.9. The van der Waals surface area contributed by atoms with Crippen LogP contribution in [-0.2, 0) is 0 Å². The molecule has 2 N–H and O–H groups in total. The van der Waals surface area contributed by atoms with Crippen LogP contribution in [-0.4, -0.2) is 19.3 Å². The number of benzene rings is 1. The fraction of sp³-hybridized carbons (Fsp3) is 0.333. The summed E-state index contributed by atoms with van der Waals surface area (Å²) in [6.45, 7) is 0.955. The van der Waals surface area contributed by atoms with Crippen LogP contribution in [0.3, 0.4) is 0 Å². The zero-order chi connectivity index (χ0) is 9.26. The number of ether oxygens (including phenoxy) is 2. The lowest BCUT2D eigenvalue weighted by Crippen LogP contribution is -2.35. The van der Waals surface area contributed by atoms with E-state index in [0.717, 1.165) is 5.75 Å². The van der Waals surface area contributed by atoms with Gasteiger partial charge in [0, 0.05) is 17.6 Å². The molecule has 1 atom stereocenters. The van der Waals surface area contributed by atoms with E-state index in [2.05, 4.69) is 0 Å². The van der Waals surface area contributed by atoms with Gasteiger partial charge in [-0.05, 0) is 12.1 Å². The molecular weight excluding hydrogens is 190 g/mol. The zero-order valence-electron chi connectivity index (χ0n) is 7.00. The van der Waals surface area contributed by atoms with Crippen molar-refractivity contribution in [3.63, 3.8) is 0 Å². The van der Waals surface area contributed by atoms with Gasteiger partial charge in [0.25, 0.3) is 0 Å². The van der Waals surface area contributed by atoms with Gasteiger partial charge in [0.15, 0.2) is 11.5 Å². The molecule has 1 heterocycles. The zero-order valence-corrected chi connectivity index (χ0v) is 7.75. The third-order valence-corrected chi connectivity index (χ3v) is 2.12. The molecule has 0 saturated carbocycles. The molecule has 0 fully saturated rings. The van der Waals surface area contributed by atoms with Gasteiger partial charge in [-0.15, -0.1) is 0 Å². The number of rotatable bonds is 1. The maximum absolute atomic E-state index is 5.80. The topological polar surface area (TPSA) is 44.5 Å². The molecule has 0 saturated heterocycles. The normalized spacial score (nSPS) is 20.0. The second-order valence-corrected chi connectivity index (χ2v) is 3.31. The summed E-state index contributed by atoms with van der Waals surface area (Å²) in [7, 11) is 0. The summed E-state index contributed by atoms with van der Waals surface area (Å²) in [6.07, 6.45) is -0.0639. The minimum absolute atomic E-state index is 0.0639. The van der Waals surface area contributed by atoms with E-state index in [1.807, 2.05) is 0 Å². The highest BCUT2D eigenvalue weighted by molar-refractivity contribution is 6.30. The molecule has 4 heteroatoms. The SMILES string of the molecule is NC[C@H]1COc2ccc(Cl)cc2O1. The van der Waals surface area contributed by atoms with Gasteiger partial charge >= 0.3 is 0 Å². The average molecular weight is 200 g/mol. The molecular formula is C9H10ClNO2. The number of hydrogen-bond acceptors (Lipinski definition) is 3. The predicted octanol–water partition coefficient (Wildman–Crippen LogP) is 1.44. The van der Waals surface area contributed by atoms with Crippen LogP contribution in [0.4, 0.5) is 0 Å². The molecule has 0 radical (unpaired) electrons. The minimum atomic E-state index is -0.0639. The van der Waals surface area contributed by atoms with Crippen molar-refractivity contribution < 1.29 is 9.47 Å². The molecule has 1 aromatic rings. The third-order valence-electron chi connectivity index (χ3n) is 1.89. The van der Waals surface area contributed by atoms with E-state index in [4.69, 9.17) is 26.8 Å². The molecule has 1 aromatic carbocycles. The first kappa shape index (κ1) is 8.66. The van der Waals surface area contributed by atoms with Crippen molar-refractivity contribution >= 4 is 11.6 Å². The molecule has 1 aliphatic heterocycles. The maximum Gasteiger partial charge on any atom is 0.163 e. The summed E-state index contributed by atoms with van der Waals surface area (Å²) in [4.78, 5) is 0. The van der Waals surface area contributed by atoms with E-state index in [0.29, 0.717) is 23.9 Å². The van der Waals surface area contributed by atoms with Crippen molar-refractivity contribution in [2.45, 2.75) is 6.10 Å². The molecule has 0 spiro atoms. The minimum Gasteiger partial charge on any atom is -0.486 e. The van der Waals surface area contributed by atoms with Crippen molar-refractivity contribution in [2.75, 3.05) is 13.2 Å².